The number of nitrogens with one attached hydrogen (secondary N) is 1. The molecule has 0 radical (unpaired) electrons. The molecule has 7 heteroatoms. The number of hydrogen-bond acceptors (Lipinski definition) is 3. The van der Waals surface area contributed by atoms with Crippen LogP contribution in [-0.4, -0.2) is 33.5 Å². The first-order valence-corrected chi connectivity index (χ1v) is 8.10. The maximum absolute atomic E-state index is 12.6. The van der Waals surface area contributed by atoms with E-state index in [1.54, 1.807) is 28.9 Å². The molecule has 3 rings (SSSR count). The second-order valence-corrected chi connectivity index (χ2v) is 6.49. The number of benzene rings is 1. The van der Waals surface area contributed by atoms with E-state index >= 15 is 0 Å². The van der Waals surface area contributed by atoms with Gasteiger partial charge in [0.05, 0.1) is 18.2 Å². The van der Waals surface area contributed by atoms with Crippen LogP contribution < -0.4 is 5.32 Å². The molecule has 1 aliphatic heterocycles. The van der Waals surface area contributed by atoms with Gasteiger partial charge in [-0.1, -0.05) is 23.7 Å². The van der Waals surface area contributed by atoms with Gasteiger partial charge < -0.3 is 10.2 Å². The second-order valence-electron chi connectivity index (χ2n) is 6.06. The van der Waals surface area contributed by atoms with Crippen LogP contribution in [0.3, 0.4) is 0 Å². The van der Waals surface area contributed by atoms with Crippen molar-refractivity contribution in [1.82, 2.24) is 20.0 Å². The normalized spacial score (nSPS) is 20.5. The number of hydrogen-bond donors (Lipinski definition) is 1. The number of carbonyl (C=O) groups is 2. The van der Waals surface area contributed by atoms with Crippen LogP contribution in [0.15, 0.2) is 36.7 Å². The Balaban J connectivity index is 1.76. The van der Waals surface area contributed by atoms with Gasteiger partial charge in [-0.15, -0.1) is 0 Å². The van der Waals surface area contributed by atoms with Gasteiger partial charge in [-0.25, -0.2) is 0 Å². The van der Waals surface area contributed by atoms with E-state index in [1.165, 1.54) is 0 Å². The summed E-state index contributed by atoms with van der Waals surface area (Å²) >= 11 is 6.06. The predicted molar refractivity (Wildman–Crippen MR) is 90.1 cm³/mol. The van der Waals surface area contributed by atoms with Crippen molar-refractivity contribution in [3.8, 4) is 0 Å². The van der Waals surface area contributed by atoms with E-state index in [2.05, 4.69) is 10.4 Å². The van der Waals surface area contributed by atoms with Gasteiger partial charge in [-0.3, -0.25) is 14.3 Å². The molecule has 2 amide bonds. The van der Waals surface area contributed by atoms with Crippen LogP contribution in [-0.2, 0) is 23.2 Å². The lowest BCUT2D eigenvalue weighted by Gasteiger charge is -2.25. The van der Waals surface area contributed by atoms with Crippen molar-refractivity contribution in [3.05, 3.63) is 52.8 Å². The van der Waals surface area contributed by atoms with Gasteiger partial charge in [0.2, 0.25) is 11.8 Å². The van der Waals surface area contributed by atoms with E-state index in [1.807, 2.05) is 31.4 Å². The highest BCUT2D eigenvalue weighted by molar-refractivity contribution is 6.30. The SMILES string of the molecule is CN1C(=O)CC(C(=O)NCc2cnn(C)c2)C1c1cccc(Cl)c1. The average molecular weight is 347 g/mol. The lowest BCUT2D eigenvalue weighted by atomic mass is 9.93. The van der Waals surface area contributed by atoms with E-state index in [9.17, 15) is 9.59 Å². The number of aromatic nitrogens is 2. The third-order valence-corrected chi connectivity index (χ3v) is 4.57. The molecule has 126 valence electrons. The Labute approximate surface area is 145 Å². The summed E-state index contributed by atoms with van der Waals surface area (Å²) in [4.78, 5) is 26.4. The van der Waals surface area contributed by atoms with E-state index in [0.717, 1.165) is 11.1 Å². The Morgan fingerprint density at radius 3 is 2.88 bits per heavy atom. The third-order valence-electron chi connectivity index (χ3n) is 4.34. The maximum atomic E-state index is 12.6. The van der Waals surface area contributed by atoms with Crippen LogP contribution in [0.5, 0.6) is 0 Å². The summed E-state index contributed by atoms with van der Waals surface area (Å²) < 4.78 is 1.68. The van der Waals surface area contributed by atoms with E-state index in [0.29, 0.717) is 11.6 Å². The van der Waals surface area contributed by atoms with E-state index < -0.39 is 5.92 Å². The number of nitrogens with zero attached hydrogens (tertiary/aromatic N) is 3. The Hall–Kier alpha value is -2.34. The topological polar surface area (TPSA) is 67.2 Å². The Kier molecular flexibility index (Phi) is 4.57. The Morgan fingerprint density at radius 2 is 2.21 bits per heavy atom. The van der Waals surface area contributed by atoms with Crippen molar-refractivity contribution in [2.24, 2.45) is 13.0 Å². The number of rotatable bonds is 4. The van der Waals surface area contributed by atoms with Crippen molar-refractivity contribution < 1.29 is 9.59 Å². The lowest BCUT2D eigenvalue weighted by Crippen LogP contribution is -2.34. The molecule has 2 unspecified atom stereocenters. The van der Waals surface area contributed by atoms with Gasteiger partial charge in [0.1, 0.15) is 0 Å². The molecule has 1 aromatic carbocycles. The maximum Gasteiger partial charge on any atom is 0.226 e. The fourth-order valence-corrected chi connectivity index (χ4v) is 3.33. The molecule has 24 heavy (non-hydrogen) atoms. The van der Waals surface area contributed by atoms with Gasteiger partial charge in [0, 0.05) is 43.8 Å². The molecular formula is C17H19ClN4O2. The molecule has 6 nitrogen and oxygen atoms in total. The van der Waals surface area contributed by atoms with Crippen LogP contribution in [0.2, 0.25) is 5.02 Å². The average Bonchev–Trinajstić information content (AvgIpc) is 3.09. The highest BCUT2D eigenvalue weighted by atomic mass is 35.5. The monoisotopic (exact) mass is 346 g/mol. The highest BCUT2D eigenvalue weighted by Gasteiger charge is 2.42. The summed E-state index contributed by atoms with van der Waals surface area (Å²) in [6.07, 6.45) is 3.76. The second kappa shape index (κ2) is 6.65. The van der Waals surface area contributed by atoms with Gasteiger partial charge >= 0.3 is 0 Å². The molecule has 2 aromatic rings. The number of likely N-dealkylation sites (tertiary alicyclic amines) is 1. The van der Waals surface area contributed by atoms with Crippen molar-refractivity contribution in [3.63, 3.8) is 0 Å². The number of halogens is 1. The molecule has 0 spiro atoms. The minimum atomic E-state index is -0.433. The summed E-state index contributed by atoms with van der Waals surface area (Å²) in [6.45, 7) is 0.392. The minimum absolute atomic E-state index is 0.0403. The molecule has 1 aromatic heterocycles. The summed E-state index contributed by atoms with van der Waals surface area (Å²) in [5.74, 6) is -0.610. The zero-order valence-electron chi connectivity index (χ0n) is 13.6. The van der Waals surface area contributed by atoms with Gasteiger partial charge in [-0.05, 0) is 17.7 Å². The summed E-state index contributed by atoms with van der Waals surface area (Å²) in [5.41, 5.74) is 1.79. The van der Waals surface area contributed by atoms with Crippen molar-refractivity contribution in [1.29, 1.82) is 0 Å². The van der Waals surface area contributed by atoms with Crippen LogP contribution >= 0.6 is 11.6 Å². The molecule has 1 saturated heterocycles. The largest absolute Gasteiger partial charge is 0.352 e. The van der Waals surface area contributed by atoms with Gasteiger partial charge in [0.25, 0.3) is 0 Å². The summed E-state index contributed by atoms with van der Waals surface area (Å²) in [5, 5.41) is 7.57. The van der Waals surface area contributed by atoms with Crippen molar-refractivity contribution >= 4 is 23.4 Å². The van der Waals surface area contributed by atoms with Crippen LogP contribution in [0.4, 0.5) is 0 Å². The minimum Gasteiger partial charge on any atom is -0.352 e. The van der Waals surface area contributed by atoms with Crippen LogP contribution in [0.1, 0.15) is 23.6 Å². The Morgan fingerprint density at radius 1 is 1.42 bits per heavy atom. The molecule has 2 atom stereocenters. The zero-order valence-corrected chi connectivity index (χ0v) is 14.3. The molecule has 1 N–H and O–H groups in total. The van der Waals surface area contributed by atoms with Gasteiger partial charge in [-0.2, -0.15) is 5.10 Å². The standard InChI is InChI=1S/C17H19ClN4O2/c1-21-10-11(9-20-21)8-19-17(24)14-7-15(23)22(2)16(14)12-4-3-5-13(18)6-12/h3-6,9-10,14,16H,7-8H2,1-2H3,(H,19,24). The predicted octanol–water partition coefficient (Wildman–Crippen LogP) is 1.91. The molecule has 0 aliphatic carbocycles. The molecule has 0 saturated carbocycles. The zero-order chi connectivity index (χ0) is 17.3. The first kappa shape index (κ1) is 16.5. The fourth-order valence-electron chi connectivity index (χ4n) is 3.13. The number of amides is 2. The first-order chi connectivity index (χ1) is 11.5. The van der Waals surface area contributed by atoms with E-state index in [-0.39, 0.29) is 24.3 Å². The summed E-state index contributed by atoms with van der Waals surface area (Å²) in [6, 6.07) is 7.01. The first-order valence-electron chi connectivity index (χ1n) is 7.72. The number of aryl methyl sites for hydroxylation is 1. The highest BCUT2D eigenvalue weighted by Crippen LogP contribution is 2.37. The van der Waals surface area contributed by atoms with E-state index in [4.69, 9.17) is 11.6 Å². The Bertz CT molecular complexity index is 773. The molecule has 2 heterocycles. The fraction of sp³-hybridized carbons (Fsp3) is 0.353. The smallest absolute Gasteiger partial charge is 0.226 e. The molecule has 1 fully saturated rings. The molecular weight excluding hydrogens is 328 g/mol. The van der Waals surface area contributed by atoms with Crippen LogP contribution in [0, 0.1) is 5.92 Å². The lowest BCUT2D eigenvalue weighted by molar-refractivity contribution is -0.128. The van der Waals surface area contributed by atoms with Crippen molar-refractivity contribution in [2.45, 2.75) is 19.0 Å². The van der Waals surface area contributed by atoms with Gasteiger partial charge in [0.15, 0.2) is 0 Å². The molecule has 1 aliphatic rings. The number of carbonyl (C=O) groups excluding carboxylic acids is 2. The molecule has 0 bridgehead atoms. The summed E-state index contributed by atoms with van der Waals surface area (Å²) in [7, 11) is 3.55. The quantitative estimate of drug-likeness (QED) is 0.919. The third kappa shape index (κ3) is 3.28. The van der Waals surface area contributed by atoms with Crippen molar-refractivity contribution in [2.75, 3.05) is 7.05 Å². The van der Waals surface area contributed by atoms with Crippen LogP contribution in [0.25, 0.3) is 0 Å².